The van der Waals surface area contributed by atoms with E-state index in [1.54, 1.807) is 12.1 Å². The zero-order chi connectivity index (χ0) is 13.0. The summed E-state index contributed by atoms with van der Waals surface area (Å²) < 4.78 is 0. The minimum Gasteiger partial charge on any atom is -0.508 e. The molecule has 2 N–H and O–H groups in total. The summed E-state index contributed by atoms with van der Waals surface area (Å²) in [4.78, 5) is 13.8. The molecule has 1 atom stereocenters. The first-order valence-corrected chi connectivity index (χ1v) is 6.47. The maximum Gasteiger partial charge on any atom is 0.236 e. The Balaban J connectivity index is 1.86. The predicted octanol–water partition coefficient (Wildman–Crippen LogP) is 1.67. The van der Waals surface area contributed by atoms with Crippen LogP contribution in [0, 0.1) is 0 Å². The van der Waals surface area contributed by atoms with Gasteiger partial charge in [-0.3, -0.25) is 4.79 Å². The highest BCUT2D eigenvalue weighted by molar-refractivity contribution is 5.78. The molecule has 4 nitrogen and oxygen atoms in total. The van der Waals surface area contributed by atoms with Crippen molar-refractivity contribution in [1.29, 1.82) is 0 Å². The van der Waals surface area contributed by atoms with Crippen molar-refractivity contribution in [2.75, 3.05) is 19.6 Å². The van der Waals surface area contributed by atoms with Crippen LogP contribution in [0.2, 0.25) is 0 Å². The van der Waals surface area contributed by atoms with Crippen molar-refractivity contribution in [3.63, 3.8) is 0 Å². The molecular weight excluding hydrogens is 228 g/mol. The summed E-state index contributed by atoms with van der Waals surface area (Å²) in [5.41, 5.74) is 0.826. The van der Waals surface area contributed by atoms with Gasteiger partial charge in [0, 0.05) is 24.7 Å². The number of para-hydroxylation sites is 1. The van der Waals surface area contributed by atoms with Crippen LogP contribution in [0.3, 0.4) is 0 Å². The molecule has 0 aromatic heterocycles. The largest absolute Gasteiger partial charge is 0.508 e. The smallest absolute Gasteiger partial charge is 0.236 e. The van der Waals surface area contributed by atoms with Gasteiger partial charge in [0.15, 0.2) is 0 Å². The summed E-state index contributed by atoms with van der Waals surface area (Å²) in [5.74, 6) is 0.417. The normalized spacial score (nSPS) is 16.8. The van der Waals surface area contributed by atoms with E-state index in [-0.39, 0.29) is 17.7 Å². The molecule has 0 spiro atoms. The molecular formula is C14H20N2O2. The van der Waals surface area contributed by atoms with Crippen LogP contribution in [-0.4, -0.2) is 35.5 Å². The van der Waals surface area contributed by atoms with E-state index in [2.05, 4.69) is 5.32 Å². The maximum absolute atomic E-state index is 11.9. The van der Waals surface area contributed by atoms with E-state index in [9.17, 15) is 9.90 Å². The van der Waals surface area contributed by atoms with Gasteiger partial charge in [0.05, 0.1) is 6.54 Å². The van der Waals surface area contributed by atoms with Crippen LogP contribution >= 0.6 is 0 Å². The molecule has 1 fully saturated rings. The fraction of sp³-hybridized carbons (Fsp3) is 0.500. The molecule has 0 saturated carbocycles. The summed E-state index contributed by atoms with van der Waals surface area (Å²) in [5, 5.41) is 12.9. The highest BCUT2D eigenvalue weighted by Crippen LogP contribution is 2.22. The van der Waals surface area contributed by atoms with E-state index in [1.807, 2.05) is 24.0 Å². The first kappa shape index (κ1) is 12.9. The average Bonchev–Trinajstić information content (AvgIpc) is 2.90. The Morgan fingerprint density at radius 1 is 1.39 bits per heavy atom. The lowest BCUT2D eigenvalue weighted by molar-refractivity contribution is -0.129. The fourth-order valence-electron chi connectivity index (χ4n) is 2.28. The van der Waals surface area contributed by atoms with Gasteiger partial charge in [-0.25, -0.2) is 0 Å². The van der Waals surface area contributed by atoms with Crippen molar-refractivity contribution in [2.24, 2.45) is 0 Å². The quantitative estimate of drug-likeness (QED) is 0.852. The molecule has 0 radical (unpaired) electrons. The molecule has 0 bridgehead atoms. The fourth-order valence-corrected chi connectivity index (χ4v) is 2.28. The van der Waals surface area contributed by atoms with E-state index in [0.717, 1.165) is 31.5 Å². The number of amides is 1. The Morgan fingerprint density at radius 2 is 2.06 bits per heavy atom. The Hall–Kier alpha value is -1.55. The third-order valence-corrected chi connectivity index (χ3v) is 3.42. The summed E-state index contributed by atoms with van der Waals surface area (Å²) in [6.07, 6.45) is 2.22. The second-order valence-electron chi connectivity index (χ2n) is 4.75. The van der Waals surface area contributed by atoms with Gasteiger partial charge in [-0.05, 0) is 25.8 Å². The maximum atomic E-state index is 11.9. The van der Waals surface area contributed by atoms with E-state index in [1.165, 1.54) is 0 Å². The molecule has 1 aliphatic heterocycles. The third kappa shape index (κ3) is 3.01. The van der Waals surface area contributed by atoms with Crippen LogP contribution in [0.25, 0.3) is 0 Å². The number of nitrogens with zero attached hydrogens (tertiary/aromatic N) is 1. The highest BCUT2D eigenvalue weighted by Gasteiger charge is 2.18. The second-order valence-corrected chi connectivity index (χ2v) is 4.75. The zero-order valence-corrected chi connectivity index (χ0v) is 10.7. The van der Waals surface area contributed by atoms with Gasteiger partial charge >= 0.3 is 0 Å². The van der Waals surface area contributed by atoms with E-state index in [4.69, 9.17) is 0 Å². The number of carbonyl (C=O) groups excluding carboxylic acids is 1. The molecule has 1 amide bonds. The third-order valence-electron chi connectivity index (χ3n) is 3.42. The van der Waals surface area contributed by atoms with Crippen LogP contribution in [0.5, 0.6) is 5.75 Å². The summed E-state index contributed by atoms with van der Waals surface area (Å²) >= 11 is 0. The molecule has 1 unspecified atom stereocenters. The number of hydrogen-bond donors (Lipinski definition) is 2. The van der Waals surface area contributed by atoms with Crippen molar-refractivity contribution >= 4 is 5.91 Å². The lowest BCUT2D eigenvalue weighted by Gasteiger charge is -2.19. The van der Waals surface area contributed by atoms with Gasteiger partial charge in [-0.15, -0.1) is 0 Å². The molecule has 1 saturated heterocycles. The molecule has 1 heterocycles. The molecule has 0 aliphatic carbocycles. The predicted molar refractivity (Wildman–Crippen MR) is 70.3 cm³/mol. The van der Waals surface area contributed by atoms with Crippen LogP contribution in [-0.2, 0) is 4.79 Å². The number of hydrogen-bond acceptors (Lipinski definition) is 3. The molecule has 98 valence electrons. The van der Waals surface area contributed by atoms with Gasteiger partial charge in [0.1, 0.15) is 5.75 Å². The SMILES string of the molecule is CC(NCC(=O)N1CCCC1)c1ccccc1O. The number of carbonyl (C=O) groups is 1. The number of nitrogens with one attached hydrogen (secondary N) is 1. The summed E-state index contributed by atoms with van der Waals surface area (Å²) in [6, 6.07) is 7.18. The molecule has 1 aliphatic rings. The Labute approximate surface area is 108 Å². The van der Waals surface area contributed by atoms with Crippen LogP contribution < -0.4 is 5.32 Å². The van der Waals surface area contributed by atoms with Gasteiger partial charge < -0.3 is 15.3 Å². The van der Waals surface area contributed by atoms with Crippen molar-refractivity contribution in [3.8, 4) is 5.75 Å². The number of benzene rings is 1. The van der Waals surface area contributed by atoms with Crippen molar-refractivity contribution < 1.29 is 9.90 Å². The van der Waals surface area contributed by atoms with E-state index >= 15 is 0 Å². The van der Waals surface area contributed by atoms with Crippen molar-refractivity contribution in [2.45, 2.75) is 25.8 Å². The lowest BCUT2D eigenvalue weighted by Crippen LogP contribution is -2.37. The van der Waals surface area contributed by atoms with Crippen LogP contribution in [0.4, 0.5) is 0 Å². The standard InChI is InChI=1S/C14H20N2O2/c1-11(12-6-2-3-7-13(12)17)15-10-14(18)16-8-4-5-9-16/h2-3,6-7,11,15,17H,4-5,8-10H2,1H3. The molecule has 4 heteroatoms. The van der Waals surface area contributed by atoms with E-state index in [0.29, 0.717) is 6.54 Å². The zero-order valence-electron chi connectivity index (χ0n) is 10.7. The molecule has 2 rings (SSSR count). The summed E-state index contributed by atoms with van der Waals surface area (Å²) in [7, 11) is 0. The highest BCUT2D eigenvalue weighted by atomic mass is 16.3. The number of phenolic OH excluding ortho intramolecular Hbond substituents is 1. The molecule has 1 aromatic rings. The van der Waals surface area contributed by atoms with Gasteiger partial charge in [0.2, 0.25) is 5.91 Å². The Kier molecular flexibility index (Phi) is 4.20. The molecule has 1 aromatic carbocycles. The lowest BCUT2D eigenvalue weighted by atomic mass is 10.1. The second kappa shape index (κ2) is 5.87. The number of likely N-dealkylation sites (tertiary alicyclic amines) is 1. The van der Waals surface area contributed by atoms with Gasteiger partial charge in [-0.2, -0.15) is 0 Å². The first-order valence-electron chi connectivity index (χ1n) is 6.47. The van der Waals surface area contributed by atoms with Crippen molar-refractivity contribution in [3.05, 3.63) is 29.8 Å². The Bertz CT molecular complexity index is 414. The monoisotopic (exact) mass is 248 g/mol. The average molecular weight is 248 g/mol. The summed E-state index contributed by atoms with van der Waals surface area (Å²) in [6.45, 7) is 4.04. The molecule has 18 heavy (non-hydrogen) atoms. The minimum absolute atomic E-state index is 0.0299. The number of aromatic hydroxyl groups is 1. The van der Waals surface area contributed by atoms with Gasteiger partial charge in [-0.1, -0.05) is 18.2 Å². The number of rotatable bonds is 4. The minimum atomic E-state index is -0.0299. The Morgan fingerprint density at radius 3 is 2.72 bits per heavy atom. The topological polar surface area (TPSA) is 52.6 Å². The number of phenols is 1. The first-order chi connectivity index (χ1) is 8.68. The van der Waals surface area contributed by atoms with Crippen molar-refractivity contribution in [1.82, 2.24) is 10.2 Å². The van der Waals surface area contributed by atoms with E-state index < -0.39 is 0 Å². The van der Waals surface area contributed by atoms with Crippen LogP contribution in [0.15, 0.2) is 24.3 Å². The van der Waals surface area contributed by atoms with Crippen LogP contribution in [0.1, 0.15) is 31.4 Å². The van der Waals surface area contributed by atoms with Gasteiger partial charge in [0.25, 0.3) is 0 Å².